The van der Waals surface area contributed by atoms with Crippen LogP contribution in [0.3, 0.4) is 0 Å². The molecule has 5 heteroatoms. The predicted molar refractivity (Wildman–Crippen MR) is 38.7 cm³/mol. The van der Waals surface area contributed by atoms with Gasteiger partial charge in [-0.3, -0.25) is 4.98 Å². The molecule has 1 heterocycles. The predicted octanol–water partition coefficient (Wildman–Crippen LogP) is 2.86. The third-order valence-corrected chi connectivity index (χ3v) is 1.80. The van der Waals surface area contributed by atoms with E-state index in [9.17, 15) is 17.6 Å². The van der Waals surface area contributed by atoms with Crippen molar-refractivity contribution in [1.29, 1.82) is 0 Å². The van der Waals surface area contributed by atoms with Crippen molar-refractivity contribution in [2.75, 3.05) is 0 Å². The van der Waals surface area contributed by atoms with Crippen LogP contribution in [0.1, 0.15) is 16.8 Å². The fourth-order valence-electron chi connectivity index (χ4n) is 0.873. The van der Waals surface area contributed by atoms with Crippen LogP contribution in [0.2, 0.25) is 0 Å². The summed E-state index contributed by atoms with van der Waals surface area (Å²) in [6.07, 6.45) is -4.16. The minimum absolute atomic E-state index is 0.0603. The SMILES string of the molecule is Cc1ncc(C(F)(F)F)c(F)c1C. The van der Waals surface area contributed by atoms with Crippen molar-refractivity contribution >= 4 is 0 Å². The van der Waals surface area contributed by atoms with Crippen molar-refractivity contribution in [2.24, 2.45) is 0 Å². The molecule has 0 saturated heterocycles. The number of nitrogens with zero attached hydrogens (tertiary/aromatic N) is 1. The van der Waals surface area contributed by atoms with Crippen LogP contribution >= 0.6 is 0 Å². The molecule has 1 nitrogen and oxygen atoms in total. The van der Waals surface area contributed by atoms with Crippen molar-refractivity contribution < 1.29 is 17.6 Å². The molecular weight excluding hydrogens is 186 g/mol. The van der Waals surface area contributed by atoms with Crippen LogP contribution in [-0.4, -0.2) is 4.98 Å². The standard InChI is InChI=1S/C8H7F4N/c1-4-5(2)13-3-6(7(4)9)8(10,11)12/h3H,1-2H3. The first-order chi connectivity index (χ1) is 5.84. The number of aryl methyl sites for hydroxylation is 1. The van der Waals surface area contributed by atoms with E-state index < -0.39 is 17.6 Å². The third-order valence-electron chi connectivity index (χ3n) is 1.80. The minimum Gasteiger partial charge on any atom is -0.260 e. The lowest BCUT2D eigenvalue weighted by atomic mass is 10.1. The van der Waals surface area contributed by atoms with Gasteiger partial charge in [0, 0.05) is 17.5 Å². The smallest absolute Gasteiger partial charge is 0.260 e. The molecule has 0 aromatic carbocycles. The highest BCUT2D eigenvalue weighted by Crippen LogP contribution is 2.32. The summed E-state index contributed by atoms with van der Waals surface area (Å²) in [5.41, 5.74) is -1.10. The first kappa shape index (κ1) is 9.95. The van der Waals surface area contributed by atoms with E-state index in [2.05, 4.69) is 4.98 Å². The summed E-state index contributed by atoms with van der Waals surface area (Å²) in [4.78, 5) is 3.45. The Morgan fingerprint density at radius 2 is 1.77 bits per heavy atom. The van der Waals surface area contributed by atoms with Gasteiger partial charge < -0.3 is 0 Å². The van der Waals surface area contributed by atoms with Gasteiger partial charge in [0.05, 0.1) is 0 Å². The summed E-state index contributed by atoms with van der Waals surface area (Å²) < 4.78 is 49.2. The molecule has 0 N–H and O–H groups in total. The Hall–Kier alpha value is -1.13. The molecule has 0 aliphatic heterocycles. The number of hydrogen-bond donors (Lipinski definition) is 0. The highest BCUT2D eigenvalue weighted by Gasteiger charge is 2.35. The van der Waals surface area contributed by atoms with Crippen LogP contribution in [-0.2, 0) is 6.18 Å². The second-order valence-corrected chi connectivity index (χ2v) is 2.69. The normalized spacial score (nSPS) is 11.8. The number of pyridine rings is 1. The van der Waals surface area contributed by atoms with Crippen molar-refractivity contribution in [3.63, 3.8) is 0 Å². The molecular formula is C8H7F4N. The lowest BCUT2D eigenvalue weighted by Gasteiger charge is -2.09. The first-order valence-corrected chi connectivity index (χ1v) is 3.53. The number of rotatable bonds is 0. The largest absolute Gasteiger partial charge is 0.420 e. The zero-order chi connectivity index (χ0) is 10.2. The van der Waals surface area contributed by atoms with Crippen LogP contribution in [0.4, 0.5) is 17.6 Å². The topological polar surface area (TPSA) is 12.9 Å². The monoisotopic (exact) mass is 193 g/mol. The minimum atomic E-state index is -4.67. The Balaban J connectivity index is 3.35. The van der Waals surface area contributed by atoms with Crippen LogP contribution in [0.5, 0.6) is 0 Å². The molecule has 72 valence electrons. The zero-order valence-corrected chi connectivity index (χ0v) is 7.04. The van der Waals surface area contributed by atoms with Gasteiger partial charge in [0.25, 0.3) is 0 Å². The van der Waals surface area contributed by atoms with Gasteiger partial charge in [-0.05, 0) is 13.8 Å². The highest BCUT2D eigenvalue weighted by molar-refractivity contribution is 5.27. The first-order valence-electron chi connectivity index (χ1n) is 3.53. The van der Waals surface area contributed by atoms with Crippen LogP contribution in [0.15, 0.2) is 6.20 Å². The lowest BCUT2D eigenvalue weighted by molar-refractivity contribution is -0.140. The summed E-state index contributed by atoms with van der Waals surface area (Å²) >= 11 is 0. The van der Waals surface area contributed by atoms with E-state index >= 15 is 0 Å². The van der Waals surface area contributed by atoms with Gasteiger partial charge in [0.2, 0.25) is 0 Å². The molecule has 0 bridgehead atoms. The number of hydrogen-bond acceptors (Lipinski definition) is 1. The second-order valence-electron chi connectivity index (χ2n) is 2.69. The van der Waals surface area contributed by atoms with Crippen molar-refractivity contribution in [2.45, 2.75) is 20.0 Å². The maximum absolute atomic E-state index is 13.0. The average Bonchev–Trinajstić information content (AvgIpc) is 1.98. The highest BCUT2D eigenvalue weighted by atomic mass is 19.4. The summed E-state index contributed by atoms with van der Waals surface area (Å²) in [6, 6.07) is 0. The van der Waals surface area contributed by atoms with E-state index in [1.54, 1.807) is 0 Å². The van der Waals surface area contributed by atoms with Crippen molar-refractivity contribution in [3.8, 4) is 0 Å². The van der Waals surface area contributed by atoms with Gasteiger partial charge in [-0.15, -0.1) is 0 Å². The van der Waals surface area contributed by atoms with Crippen molar-refractivity contribution in [1.82, 2.24) is 4.98 Å². The Morgan fingerprint density at radius 1 is 1.23 bits per heavy atom. The van der Waals surface area contributed by atoms with Crippen LogP contribution in [0, 0.1) is 19.7 Å². The van der Waals surface area contributed by atoms with Gasteiger partial charge in [0.1, 0.15) is 11.4 Å². The fraction of sp³-hybridized carbons (Fsp3) is 0.375. The molecule has 1 aromatic rings. The fourth-order valence-corrected chi connectivity index (χ4v) is 0.873. The molecule has 0 fully saturated rings. The molecule has 0 aliphatic rings. The molecule has 0 aliphatic carbocycles. The van der Waals surface area contributed by atoms with Gasteiger partial charge in [-0.2, -0.15) is 13.2 Å². The molecule has 0 spiro atoms. The number of alkyl halides is 3. The van der Waals surface area contributed by atoms with Gasteiger partial charge >= 0.3 is 6.18 Å². The molecule has 0 atom stereocenters. The zero-order valence-electron chi connectivity index (χ0n) is 7.04. The molecule has 0 radical (unpaired) electrons. The van der Waals surface area contributed by atoms with Gasteiger partial charge in [-0.25, -0.2) is 4.39 Å². The Kier molecular flexibility index (Phi) is 2.28. The lowest BCUT2D eigenvalue weighted by Crippen LogP contribution is -2.11. The summed E-state index contributed by atoms with van der Waals surface area (Å²) in [5.74, 6) is -1.24. The Morgan fingerprint density at radius 3 is 2.23 bits per heavy atom. The van der Waals surface area contributed by atoms with E-state index in [0.29, 0.717) is 6.20 Å². The quantitative estimate of drug-likeness (QED) is 0.577. The summed E-state index contributed by atoms with van der Waals surface area (Å²) in [7, 11) is 0. The summed E-state index contributed by atoms with van der Waals surface area (Å²) in [5, 5.41) is 0. The molecule has 1 rings (SSSR count). The van der Waals surface area contributed by atoms with Crippen molar-refractivity contribution in [3.05, 3.63) is 28.8 Å². The molecule has 1 aromatic heterocycles. The Labute approximate surface area is 72.4 Å². The van der Waals surface area contributed by atoms with Gasteiger partial charge in [0.15, 0.2) is 0 Å². The third kappa shape index (κ3) is 1.79. The molecule has 0 saturated carbocycles. The second kappa shape index (κ2) is 2.97. The van der Waals surface area contributed by atoms with E-state index in [-0.39, 0.29) is 11.3 Å². The van der Waals surface area contributed by atoms with Gasteiger partial charge in [-0.1, -0.05) is 0 Å². The molecule has 13 heavy (non-hydrogen) atoms. The molecule has 0 unspecified atom stereocenters. The molecule has 0 amide bonds. The Bertz CT molecular complexity index is 330. The number of halogens is 4. The van der Waals surface area contributed by atoms with E-state index in [1.807, 2.05) is 0 Å². The van der Waals surface area contributed by atoms with E-state index in [1.165, 1.54) is 13.8 Å². The maximum Gasteiger partial charge on any atom is 0.420 e. The van der Waals surface area contributed by atoms with Crippen LogP contribution < -0.4 is 0 Å². The maximum atomic E-state index is 13.0. The summed E-state index contributed by atoms with van der Waals surface area (Å²) in [6.45, 7) is 2.73. The average molecular weight is 193 g/mol. The number of aromatic nitrogens is 1. The van der Waals surface area contributed by atoms with E-state index in [0.717, 1.165) is 0 Å². The van der Waals surface area contributed by atoms with E-state index in [4.69, 9.17) is 0 Å². The van der Waals surface area contributed by atoms with Crippen LogP contribution in [0.25, 0.3) is 0 Å².